The van der Waals surface area contributed by atoms with E-state index in [1.165, 1.54) is 6.07 Å². The van der Waals surface area contributed by atoms with E-state index in [4.69, 9.17) is 14.2 Å². The van der Waals surface area contributed by atoms with Crippen LogP contribution >= 0.6 is 0 Å². The van der Waals surface area contributed by atoms with Gasteiger partial charge in [0.2, 0.25) is 0 Å². The highest BCUT2D eigenvalue weighted by Crippen LogP contribution is 2.36. The van der Waals surface area contributed by atoms with Gasteiger partial charge in [-0.05, 0) is 19.1 Å². The summed E-state index contributed by atoms with van der Waals surface area (Å²) in [4.78, 5) is 11.1. The Morgan fingerprint density at radius 3 is 2.59 bits per heavy atom. The third-order valence-corrected chi connectivity index (χ3v) is 2.41. The van der Waals surface area contributed by atoms with Gasteiger partial charge in [-0.3, -0.25) is 4.79 Å². The van der Waals surface area contributed by atoms with Gasteiger partial charge < -0.3 is 19.3 Å². The molecule has 0 radical (unpaired) electrons. The first kappa shape index (κ1) is 12.0. The van der Waals surface area contributed by atoms with E-state index in [2.05, 4.69) is 0 Å². The van der Waals surface area contributed by atoms with Gasteiger partial charge in [0, 0.05) is 6.61 Å². The Kier molecular flexibility index (Phi) is 3.42. The molecular weight excluding hydrogens is 224 g/mol. The zero-order valence-electron chi connectivity index (χ0n) is 9.51. The van der Waals surface area contributed by atoms with Crippen molar-refractivity contribution in [1.29, 1.82) is 0 Å². The molecule has 1 N–H and O–H groups in total. The molecule has 2 rings (SSSR count). The van der Waals surface area contributed by atoms with Gasteiger partial charge >= 0.3 is 5.97 Å². The number of phenols is 1. The minimum absolute atomic E-state index is 0.00954. The monoisotopic (exact) mass is 238 g/mol. The molecule has 1 heterocycles. The Morgan fingerprint density at radius 1 is 1.35 bits per heavy atom. The van der Waals surface area contributed by atoms with Crippen LogP contribution in [0.3, 0.4) is 0 Å². The highest BCUT2D eigenvalue weighted by atomic mass is 16.9. The van der Waals surface area contributed by atoms with Gasteiger partial charge in [0.25, 0.3) is 0 Å². The van der Waals surface area contributed by atoms with Crippen molar-refractivity contribution in [1.82, 2.24) is 0 Å². The molecule has 0 amide bonds. The van der Waals surface area contributed by atoms with Crippen molar-refractivity contribution in [3.05, 3.63) is 29.8 Å². The van der Waals surface area contributed by atoms with Crippen molar-refractivity contribution in [2.24, 2.45) is 0 Å². The number of carbonyl (C=O) groups is 1. The number of rotatable bonds is 3. The number of hydrogen-bond donors (Lipinski definition) is 1. The summed E-state index contributed by atoms with van der Waals surface area (Å²) >= 11 is 0. The summed E-state index contributed by atoms with van der Waals surface area (Å²) in [6.45, 7) is 1.94. The van der Waals surface area contributed by atoms with E-state index in [1.54, 1.807) is 25.1 Å². The predicted octanol–water partition coefficient (Wildman–Crippen LogP) is 1.15. The number of ketones is 1. The number of phenolic OH excluding ortho intramolecular Hbond substituents is 1. The van der Waals surface area contributed by atoms with Crippen LogP contribution in [-0.4, -0.2) is 30.7 Å². The standard InChI is InChI=1S/C12H14O5/c1-2-15-12(16-7-9(13)8-17-12)10-5-3-4-6-11(10)14/h3-6,14H,2,7-8H2,1H3. The lowest BCUT2D eigenvalue weighted by molar-refractivity contribution is -0.397. The van der Waals surface area contributed by atoms with Gasteiger partial charge in [-0.25, -0.2) is 0 Å². The van der Waals surface area contributed by atoms with Crippen LogP contribution in [0.5, 0.6) is 5.75 Å². The van der Waals surface area contributed by atoms with E-state index >= 15 is 0 Å². The number of carbonyl (C=O) groups excluding carboxylic acids is 1. The molecule has 0 spiro atoms. The maximum Gasteiger partial charge on any atom is 0.316 e. The normalized spacial score (nSPS) is 19.2. The summed E-state index contributed by atoms with van der Waals surface area (Å²) in [5.74, 6) is -1.63. The van der Waals surface area contributed by atoms with Crippen LogP contribution in [0.25, 0.3) is 0 Å². The summed E-state index contributed by atoms with van der Waals surface area (Å²) in [6.07, 6.45) is 0. The highest BCUT2D eigenvalue weighted by molar-refractivity contribution is 5.81. The summed E-state index contributed by atoms with van der Waals surface area (Å²) in [6, 6.07) is 6.57. The van der Waals surface area contributed by atoms with Crippen molar-refractivity contribution >= 4 is 5.78 Å². The third kappa shape index (κ3) is 2.31. The molecule has 17 heavy (non-hydrogen) atoms. The molecule has 0 bridgehead atoms. The number of Topliss-reactive ketones (excluding diaryl/α,β-unsaturated/α-hetero) is 1. The largest absolute Gasteiger partial charge is 0.507 e. The van der Waals surface area contributed by atoms with E-state index in [-0.39, 0.29) is 24.7 Å². The number of para-hydroxylation sites is 1. The molecule has 1 aliphatic rings. The molecular formula is C12H14O5. The third-order valence-electron chi connectivity index (χ3n) is 2.41. The minimum atomic E-state index is -1.48. The molecule has 1 aliphatic heterocycles. The SMILES string of the molecule is CCOC1(c2ccccc2O)OCC(=O)CO1. The quantitative estimate of drug-likeness (QED) is 0.855. The summed E-state index contributed by atoms with van der Waals surface area (Å²) < 4.78 is 16.1. The van der Waals surface area contributed by atoms with Crippen LogP contribution < -0.4 is 0 Å². The lowest BCUT2D eigenvalue weighted by atomic mass is 10.1. The van der Waals surface area contributed by atoms with E-state index in [0.717, 1.165) is 0 Å². The Bertz CT molecular complexity index is 405. The van der Waals surface area contributed by atoms with Gasteiger partial charge in [0.1, 0.15) is 19.0 Å². The van der Waals surface area contributed by atoms with Gasteiger partial charge in [0.05, 0.1) is 5.56 Å². The maximum atomic E-state index is 11.1. The Balaban J connectivity index is 2.34. The lowest BCUT2D eigenvalue weighted by Gasteiger charge is -2.35. The molecule has 5 nitrogen and oxygen atoms in total. The number of aromatic hydroxyl groups is 1. The molecule has 0 aromatic heterocycles. The van der Waals surface area contributed by atoms with Gasteiger partial charge in [0.15, 0.2) is 5.78 Å². The number of hydrogen-bond acceptors (Lipinski definition) is 5. The first-order valence-corrected chi connectivity index (χ1v) is 5.40. The van der Waals surface area contributed by atoms with Gasteiger partial charge in [-0.15, -0.1) is 0 Å². The second-order valence-electron chi connectivity index (χ2n) is 3.62. The van der Waals surface area contributed by atoms with E-state index in [0.29, 0.717) is 12.2 Å². The summed E-state index contributed by atoms with van der Waals surface area (Å²) in [5.41, 5.74) is 0.370. The minimum Gasteiger partial charge on any atom is -0.507 e. The first-order chi connectivity index (χ1) is 8.18. The molecule has 1 aromatic carbocycles. The zero-order valence-corrected chi connectivity index (χ0v) is 9.51. The fourth-order valence-corrected chi connectivity index (χ4v) is 1.67. The van der Waals surface area contributed by atoms with Crippen molar-refractivity contribution in [3.63, 3.8) is 0 Å². The number of ether oxygens (including phenoxy) is 3. The smallest absolute Gasteiger partial charge is 0.316 e. The molecule has 1 saturated heterocycles. The predicted molar refractivity (Wildman–Crippen MR) is 58.3 cm³/mol. The molecule has 0 unspecified atom stereocenters. The van der Waals surface area contributed by atoms with Crippen LogP contribution in [0, 0.1) is 0 Å². The molecule has 92 valence electrons. The fourth-order valence-electron chi connectivity index (χ4n) is 1.67. The fraction of sp³-hybridized carbons (Fsp3) is 0.417. The van der Waals surface area contributed by atoms with E-state index < -0.39 is 5.97 Å². The molecule has 1 aromatic rings. The van der Waals surface area contributed by atoms with Crippen molar-refractivity contribution in [2.45, 2.75) is 12.9 Å². The van der Waals surface area contributed by atoms with Crippen LogP contribution in [0.2, 0.25) is 0 Å². The molecule has 0 atom stereocenters. The van der Waals surface area contributed by atoms with E-state index in [1.807, 2.05) is 0 Å². The zero-order chi connectivity index (χ0) is 12.3. The topological polar surface area (TPSA) is 65.0 Å². The average Bonchev–Trinajstić information content (AvgIpc) is 2.33. The van der Waals surface area contributed by atoms with E-state index in [9.17, 15) is 9.90 Å². The molecule has 5 heteroatoms. The molecule has 0 aliphatic carbocycles. The lowest BCUT2D eigenvalue weighted by Crippen LogP contribution is -2.44. The van der Waals surface area contributed by atoms with Crippen LogP contribution in [0.1, 0.15) is 12.5 Å². The summed E-state index contributed by atoms with van der Waals surface area (Å²) in [5, 5.41) is 9.80. The highest BCUT2D eigenvalue weighted by Gasteiger charge is 2.42. The van der Waals surface area contributed by atoms with Gasteiger partial charge in [-0.2, -0.15) is 0 Å². The van der Waals surface area contributed by atoms with Crippen molar-refractivity contribution < 1.29 is 24.1 Å². The maximum absolute atomic E-state index is 11.1. The Labute approximate surface area is 98.9 Å². The summed E-state index contributed by atoms with van der Waals surface area (Å²) in [7, 11) is 0. The Hall–Kier alpha value is -1.43. The molecule has 0 saturated carbocycles. The first-order valence-electron chi connectivity index (χ1n) is 5.40. The van der Waals surface area contributed by atoms with Crippen LogP contribution in [-0.2, 0) is 25.0 Å². The number of benzene rings is 1. The average molecular weight is 238 g/mol. The second kappa shape index (κ2) is 4.83. The van der Waals surface area contributed by atoms with Gasteiger partial charge in [-0.1, -0.05) is 12.1 Å². The van der Waals surface area contributed by atoms with Crippen molar-refractivity contribution in [3.8, 4) is 5.75 Å². The van der Waals surface area contributed by atoms with Crippen molar-refractivity contribution in [2.75, 3.05) is 19.8 Å². The van der Waals surface area contributed by atoms with Crippen LogP contribution in [0.15, 0.2) is 24.3 Å². The van der Waals surface area contributed by atoms with Crippen LogP contribution in [0.4, 0.5) is 0 Å². The molecule has 1 fully saturated rings. The Morgan fingerprint density at radius 2 is 2.00 bits per heavy atom. The second-order valence-corrected chi connectivity index (χ2v) is 3.62.